The molecule has 2 aromatic rings. The quantitative estimate of drug-likeness (QED) is 0.184. The van der Waals surface area contributed by atoms with Crippen LogP contribution < -0.4 is 4.74 Å². The van der Waals surface area contributed by atoms with Crippen LogP contribution in [0.5, 0.6) is 5.75 Å². The summed E-state index contributed by atoms with van der Waals surface area (Å²) < 4.78 is 25.5. The van der Waals surface area contributed by atoms with E-state index in [1.165, 1.54) is 11.8 Å². The Morgan fingerprint density at radius 3 is 2.67 bits per heavy atom. The lowest BCUT2D eigenvalue weighted by Gasteiger charge is -2.15. The molecule has 6 nitrogen and oxygen atoms in total. The highest BCUT2D eigenvalue weighted by atomic mass is 35.5. The summed E-state index contributed by atoms with van der Waals surface area (Å²) in [5, 5.41) is 4.89. The zero-order valence-electron chi connectivity index (χ0n) is 20.5. The molecule has 9 heteroatoms. The zero-order valence-corrected chi connectivity index (χ0v) is 22.4. The molecule has 0 amide bonds. The van der Waals surface area contributed by atoms with Crippen molar-refractivity contribution in [2.45, 2.75) is 26.4 Å². The number of aliphatic imine (C=N–C) groups is 1. The summed E-state index contributed by atoms with van der Waals surface area (Å²) >= 11 is 6.25. The molecule has 2 unspecified atom stereocenters. The topological polar surface area (TPSA) is 65.7 Å². The summed E-state index contributed by atoms with van der Waals surface area (Å²) in [6, 6.07) is 4.75. The number of carbonyl (C=O) groups is 1. The Morgan fingerprint density at radius 1 is 1.36 bits per heavy atom. The second-order valence-corrected chi connectivity index (χ2v) is 8.45. The molecule has 1 aromatic heterocycles. The molecule has 0 spiro atoms. The Balaban J connectivity index is 0.00000222. The third-order valence-electron chi connectivity index (χ3n) is 5.20. The summed E-state index contributed by atoms with van der Waals surface area (Å²) in [6.07, 6.45) is 18.9. The van der Waals surface area contributed by atoms with Gasteiger partial charge in [0.05, 0.1) is 12.8 Å². The van der Waals surface area contributed by atoms with Crippen LogP contribution in [0.3, 0.4) is 0 Å². The number of aromatic nitrogens is 2. The first kappa shape index (κ1) is 28.8. The first-order valence-electron chi connectivity index (χ1n) is 10.8. The van der Waals surface area contributed by atoms with E-state index in [-0.39, 0.29) is 11.4 Å². The number of halogens is 2. The van der Waals surface area contributed by atoms with Crippen LogP contribution >= 0.6 is 20.8 Å². The van der Waals surface area contributed by atoms with Gasteiger partial charge >= 0.3 is 5.97 Å². The molecule has 1 aliphatic carbocycles. The summed E-state index contributed by atoms with van der Waals surface area (Å²) in [5.41, 5.74) is 4.67. The molecule has 2 atom stereocenters. The molecule has 0 fully saturated rings. The maximum atomic E-state index is 13.7. The molecule has 0 N–H and O–H groups in total. The minimum absolute atomic E-state index is 0.133. The third-order valence-corrected chi connectivity index (χ3v) is 5.57. The highest BCUT2D eigenvalue weighted by Crippen LogP contribution is 2.32. The number of benzene rings is 1. The maximum Gasteiger partial charge on any atom is 0.358 e. The lowest BCUT2D eigenvalue weighted by atomic mass is 9.95. The van der Waals surface area contributed by atoms with E-state index in [0.29, 0.717) is 22.0 Å². The molecule has 1 aliphatic rings. The van der Waals surface area contributed by atoms with Crippen LogP contribution in [-0.4, -0.2) is 42.2 Å². The van der Waals surface area contributed by atoms with Gasteiger partial charge in [-0.05, 0) is 61.3 Å². The maximum absolute atomic E-state index is 13.7. The van der Waals surface area contributed by atoms with Gasteiger partial charge in [-0.15, -0.1) is 12.8 Å². The molecule has 1 heterocycles. The summed E-state index contributed by atoms with van der Waals surface area (Å²) in [5.74, 6) is -0.372. The number of carbonyl (C=O) groups excluding carboxylic acids is 1. The molecule has 0 saturated carbocycles. The average Bonchev–Trinajstić information content (AvgIpc) is 3.20. The minimum Gasteiger partial charge on any atom is -0.464 e. The fraction of sp³-hybridized carbons (Fsp3) is 0.222. The van der Waals surface area contributed by atoms with Gasteiger partial charge in [0.15, 0.2) is 5.69 Å². The number of hydrogen-bond acceptors (Lipinski definition) is 5. The van der Waals surface area contributed by atoms with Gasteiger partial charge in [0.25, 0.3) is 0 Å². The average molecular weight is 528 g/mol. The number of hydrogen-bond donors (Lipinski definition) is 0. The van der Waals surface area contributed by atoms with Crippen molar-refractivity contribution in [2.75, 3.05) is 14.2 Å². The lowest BCUT2D eigenvalue weighted by molar-refractivity contribution is 0.0592. The Hall–Kier alpha value is -3.46. The van der Waals surface area contributed by atoms with Crippen LogP contribution in [0.2, 0.25) is 5.02 Å². The smallest absolute Gasteiger partial charge is 0.358 e. The van der Waals surface area contributed by atoms with E-state index < -0.39 is 12.1 Å². The van der Waals surface area contributed by atoms with Crippen LogP contribution in [0.25, 0.3) is 11.8 Å². The number of alkyl halides is 1. The van der Waals surface area contributed by atoms with Crippen LogP contribution in [-0.2, 0) is 4.74 Å². The van der Waals surface area contributed by atoms with Gasteiger partial charge in [0.1, 0.15) is 11.4 Å². The number of allylic oxidation sites excluding steroid dienone is 7. The predicted octanol–water partition coefficient (Wildman–Crippen LogP) is 6.29. The first-order valence-corrected chi connectivity index (χ1v) is 11.9. The van der Waals surface area contributed by atoms with E-state index in [1.807, 2.05) is 40.5 Å². The van der Waals surface area contributed by atoms with Gasteiger partial charge in [0, 0.05) is 23.8 Å². The molecule has 0 bridgehead atoms. The van der Waals surface area contributed by atoms with Crippen LogP contribution in [0.4, 0.5) is 4.39 Å². The summed E-state index contributed by atoms with van der Waals surface area (Å²) in [7, 11) is 4.95. The summed E-state index contributed by atoms with van der Waals surface area (Å²) in [6.45, 7) is 3.73. The van der Waals surface area contributed by atoms with Crippen LogP contribution in [0.1, 0.15) is 35.1 Å². The third kappa shape index (κ3) is 6.81. The van der Waals surface area contributed by atoms with E-state index in [9.17, 15) is 9.18 Å². The molecule has 3 rings (SSSR count). The molecule has 0 saturated heterocycles. The molecule has 1 aromatic carbocycles. The van der Waals surface area contributed by atoms with Crippen LogP contribution in [0, 0.1) is 19.8 Å². The Kier molecular flexibility index (Phi) is 10.9. The van der Waals surface area contributed by atoms with Crippen molar-refractivity contribution in [3.05, 3.63) is 81.2 Å². The number of rotatable bonds is 7. The Morgan fingerprint density at radius 2 is 2.08 bits per heavy atom. The first-order chi connectivity index (χ1) is 17.3. The second-order valence-electron chi connectivity index (χ2n) is 7.49. The number of nitrogens with zero attached hydrogens (tertiary/aromatic N) is 3. The number of esters is 1. The standard InChI is InChI=1S/C25H26ClFN3O3P.C2H2/c1-15(19(14-28-3)17-8-6-5-7-9-17)12-20-16(2)23(24(31)32-4)29-30(20)21-13-18(26)10-11-22(21)33-25(27)34;1-2/h5-8,10-14,25H,9,34H2,1-4H3;1-2H/b15-12+,19-17+,28-14?;. The number of ether oxygens (including phenoxy) is 2. The van der Waals surface area contributed by atoms with Gasteiger partial charge in [-0.1, -0.05) is 45.1 Å². The van der Waals surface area contributed by atoms with Crippen LogP contribution in [0.15, 0.2) is 64.2 Å². The van der Waals surface area contributed by atoms with Crippen molar-refractivity contribution < 1.29 is 18.7 Å². The minimum atomic E-state index is -1.64. The van der Waals surface area contributed by atoms with E-state index in [1.54, 1.807) is 38.4 Å². The zero-order chi connectivity index (χ0) is 26.8. The molecular weight excluding hydrogens is 500 g/mol. The van der Waals surface area contributed by atoms with E-state index >= 15 is 0 Å². The largest absolute Gasteiger partial charge is 0.464 e. The van der Waals surface area contributed by atoms with Gasteiger partial charge in [-0.25, -0.2) is 9.48 Å². The van der Waals surface area contributed by atoms with E-state index in [2.05, 4.69) is 29.0 Å². The highest BCUT2D eigenvalue weighted by molar-refractivity contribution is 7.16. The monoisotopic (exact) mass is 527 g/mol. The Labute approximate surface area is 218 Å². The van der Waals surface area contributed by atoms with Crippen molar-refractivity contribution in [3.63, 3.8) is 0 Å². The van der Waals surface area contributed by atoms with Crippen molar-refractivity contribution >= 4 is 39.1 Å². The normalized spacial score (nSPS) is 15.3. The molecule has 0 radical (unpaired) electrons. The van der Waals surface area contributed by atoms with E-state index in [0.717, 1.165) is 23.1 Å². The van der Waals surface area contributed by atoms with Gasteiger partial charge in [-0.3, -0.25) is 4.99 Å². The van der Waals surface area contributed by atoms with Crippen molar-refractivity contribution in [3.8, 4) is 24.3 Å². The number of terminal acetylenes is 1. The SMILES string of the molecule is C#C.CN=CC(/C(C)=C/c1c(C)c(C(=O)OC)nn1-c1cc(Cl)ccc1OC(F)P)=C1/C=CC=CC1. The van der Waals surface area contributed by atoms with Gasteiger partial charge < -0.3 is 9.47 Å². The second kappa shape index (κ2) is 13.6. The highest BCUT2D eigenvalue weighted by Gasteiger charge is 2.23. The lowest BCUT2D eigenvalue weighted by Crippen LogP contribution is -2.08. The van der Waals surface area contributed by atoms with Crippen molar-refractivity contribution in [1.29, 1.82) is 0 Å². The molecular formula is C27H28ClFN3O3P. The molecule has 36 heavy (non-hydrogen) atoms. The van der Waals surface area contributed by atoms with Crippen molar-refractivity contribution in [1.82, 2.24) is 9.78 Å². The fourth-order valence-corrected chi connectivity index (χ4v) is 3.91. The van der Waals surface area contributed by atoms with E-state index in [4.69, 9.17) is 21.1 Å². The van der Waals surface area contributed by atoms with Gasteiger partial charge in [0.2, 0.25) is 6.10 Å². The fourth-order valence-electron chi connectivity index (χ4n) is 3.59. The summed E-state index contributed by atoms with van der Waals surface area (Å²) in [4.78, 5) is 16.7. The predicted molar refractivity (Wildman–Crippen MR) is 148 cm³/mol. The van der Waals surface area contributed by atoms with Crippen molar-refractivity contribution in [2.24, 2.45) is 4.99 Å². The van der Waals surface area contributed by atoms with Gasteiger partial charge in [-0.2, -0.15) is 9.49 Å². The Bertz CT molecular complexity index is 1290. The number of methoxy groups -OCH3 is 1. The molecule has 0 aliphatic heterocycles. The molecule has 188 valence electrons.